The number of rotatable bonds is 4. The molecule has 0 radical (unpaired) electrons. The van der Waals surface area contributed by atoms with Gasteiger partial charge in [-0.2, -0.15) is 0 Å². The summed E-state index contributed by atoms with van der Waals surface area (Å²) in [7, 11) is 3.21. The van der Waals surface area contributed by atoms with Crippen molar-refractivity contribution in [2.45, 2.75) is 19.8 Å². The van der Waals surface area contributed by atoms with Gasteiger partial charge in [-0.05, 0) is 52.2 Å². The summed E-state index contributed by atoms with van der Waals surface area (Å²) >= 11 is 3.58. The van der Waals surface area contributed by atoms with Crippen molar-refractivity contribution in [3.63, 3.8) is 0 Å². The van der Waals surface area contributed by atoms with Crippen LogP contribution in [0.1, 0.15) is 35.1 Å². The Bertz CT molecular complexity index is 1100. The summed E-state index contributed by atoms with van der Waals surface area (Å²) < 4.78 is 23.1. The summed E-state index contributed by atoms with van der Waals surface area (Å²) in [4.78, 5) is 14.5. The van der Waals surface area contributed by atoms with Crippen LogP contribution in [0.2, 0.25) is 0 Å². The van der Waals surface area contributed by atoms with Gasteiger partial charge in [0.15, 0.2) is 11.5 Å². The van der Waals surface area contributed by atoms with E-state index in [2.05, 4.69) is 33.0 Å². The summed E-state index contributed by atoms with van der Waals surface area (Å²) in [6.45, 7) is 3.38. The Morgan fingerprint density at radius 3 is 2.59 bits per heavy atom. The molecule has 0 fully saturated rings. The van der Waals surface area contributed by atoms with Crippen LogP contribution < -0.4 is 18.9 Å². The van der Waals surface area contributed by atoms with Gasteiger partial charge in [0.05, 0.1) is 18.7 Å². The number of aromatic amines is 1. The van der Waals surface area contributed by atoms with Gasteiger partial charge < -0.3 is 18.9 Å². The Morgan fingerprint density at radius 1 is 1.10 bits per heavy atom. The topological polar surface area (TPSA) is 69.8 Å². The Morgan fingerprint density at radius 2 is 1.90 bits per heavy atom. The average Bonchev–Trinajstić information content (AvgIpc) is 3.05. The first-order chi connectivity index (χ1) is 13.9. The molecule has 0 aliphatic carbocycles. The summed E-state index contributed by atoms with van der Waals surface area (Å²) in [5.41, 5.74) is 3.95. The van der Waals surface area contributed by atoms with Crippen LogP contribution in [0.5, 0.6) is 29.0 Å². The van der Waals surface area contributed by atoms with E-state index in [1.165, 1.54) is 6.92 Å². The van der Waals surface area contributed by atoms with Crippen molar-refractivity contribution < 1.29 is 23.7 Å². The van der Waals surface area contributed by atoms with E-state index in [0.717, 1.165) is 32.5 Å². The van der Waals surface area contributed by atoms with Crippen molar-refractivity contribution in [1.82, 2.24) is 4.98 Å². The second kappa shape index (κ2) is 7.48. The normalized spacial score (nSPS) is 14.4. The minimum Gasteiger partial charge on any atom is -0.493 e. The van der Waals surface area contributed by atoms with Crippen LogP contribution in [-0.2, 0) is 4.79 Å². The Hall–Kier alpha value is -2.93. The number of carbonyl (C=O) groups excluding carboxylic acids is 1. The zero-order valence-electron chi connectivity index (χ0n) is 16.5. The van der Waals surface area contributed by atoms with Gasteiger partial charge in [0.2, 0.25) is 11.8 Å². The van der Waals surface area contributed by atoms with Crippen molar-refractivity contribution in [2.24, 2.45) is 0 Å². The van der Waals surface area contributed by atoms with E-state index in [1.54, 1.807) is 20.3 Å². The van der Waals surface area contributed by atoms with E-state index in [9.17, 15) is 4.79 Å². The zero-order valence-corrected chi connectivity index (χ0v) is 18.0. The first-order valence-electron chi connectivity index (χ1n) is 9.02. The fourth-order valence-electron chi connectivity index (χ4n) is 3.65. The molecule has 1 unspecified atom stereocenters. The Balaban J connectivity index is 1.92. The monoisotopic (exact) mass is 457 g/mol. The lowest BCUT2D eigenvalue weighted by Gasteiger charge is -2.27. The lowest BCUT2D eigenvalue weighted by Crippen LogP contribution is -2.11. The molecule has 7 heteroatoms. The largest absolute Gasteiger partial charge is 0.493 e. The van der Waals surface area contributed by atoms with Crippen LogP contribution in [0.4, 0.5) is 0 Å². The van der Waals surface area contributed by atoms with Gasteiger partial charge >= 0.3 is 5.97 Å². The van der Waals surface area contributed by atoms with Crippen LogP contribution >= 0.6 is 15.9 Å². The van der Waals surface area contributed by atoms with E-state index < -0.39 is 5.97 Å². The van der Waals surface area contributed by atoms with Crippen molar-refractivity contribution in [1.29, 1.82) is 0 Å². The number of nitrogens with one attached hydrogen (secondary N) is 1. The summed E-state index contributed by atoms with van der Waals surface area (Å²) in [6, 6.07) is 11.9. The van der Waals surface area contributed by atoms with Gasteiger partial charge in [-0.1, -0.05) is 12.1 Å². The van der Waals surface area contributed by atoms with Crippen LogP contribution in [0, 0.1) is 6.92 Å². The number of ether oxygens (including phenoxy) is 4. The molecule has 29 heavy (non-hydrogen) atoms. The second-order valence-corrected chi connectivity index (χ2v) is 7.68. The van der Waals surface area contributed by atoms with Crippen molar-refractivity contribution in [2.75, 3.05) is 14.2 Å². The molecule has 1 aliphatic rings. The third-order valence-electron chi connectivity index (χ3n) is 4.83. The summed E-state index contributed by atoms with van der Waals surface area (Å²) in [5.74, 6) is 2.35. The SMILES string of the molecule is COc1cc(C2c3ccc(C)cc3Oc3[nH]c(OC(C)=O)cc32)cc(Br)c1OC. The molecule has 150 valence electrons. The maximum Gasteiger partial charge on any atom is 0.309 e. The Kier molecular flexibility index (Phi) is 5.00. The molecule has 1 aliphatic heterocycles. The predicted molar refractivity (Wildman–Crippen MR) is 112 cm³/mol. The molecule has 1 N–H and O–H groups in total. The number of esters is 1. The van der Waals surface area contributed by atoms with Gasteiger partial charge in [0.25, 0.3) is 0 Å². The molecule has 0 amide bonds. The Labute approximate surface area is 176 Å². The lowest BCUT2D eigenvalue weighted by atomic mass is 9.84. The van der Waals surface area contributed by atoms with Gasteiger partial charge in [-0.15, -0.1) is 0 Å². The molecule has 0 saturated carbocycles. The smallest absolute Gasteiger partial charge is 0.309 e. The number of hydrogen-bond acceptors (Lipinski definition) is 5. The van der Waals surface area contributed by atoms with Gasteiger partial charge in [0, 0.05) is 30.0 Å². The molecule has 2 heterocycles. The highest BCUT2D eigenvalue weighted by Gasteiger charge is 2.32. The number of carbonyl (C=O) groups is 1. The number of halogens is 1. The minimum absolute atomic E-state index is 0.147. The third kappa shape index (κ3) is 3.46. The van der Waals surface area contributed by atoms with Crippen molar-refractivity contribution in [3.8, 4) is 29.0 Å². The number of aromatic nitrogens is 1. The first kappa shape index (κ1) is 19.4. The molecule has 1 atom stereocenters. The molecule has 6 nitrogen and oxygen atoms in total. The maximum atomic E-state index is 11.4. The number of methoxy groups -OCH3 is 2. The van der Waals surface area contributed by atoms with Crippen molar-refractivity contribution >= 4 is 21.9 Å². The number of aryl methyl sites for hydroxylation is 1. The van der Waals surface area contributed by atoms with E-state index in [4.69, 9.17) is 18.9 Å². The highest BCUT2D eigenvalue weighted by molar-refractivity contribution is 9.10. The average molecular weight is 458 g/mol. The number of H-pyrrole nitrogens is 1. The van der Waals surface area contributed by atoms with E-state index in [0.29, 0.717) is 23.3 Å². The standard InChI is InChI=1S/C22H20BrNO5/c1-11-5-6-14-17(7-11)29-22-15(10-19(24-22)28-12(2)25)20(14)13-8-16(23)21(27-4)18(9-13)26-3/h5-10,20,24H,1-4H3. The predicted octanol–water partition coefficient (Wildman–Crippen LogP) is 5.31. The van der Waals surface area contributed by atoms with Gasteiger partial charge in [-0.3, -0.25) is 9.78 Å². The second-order valence-electron chi connectivity index (χ2n) is 6.83. The minimum atomic E-state index is -0.401. The van der Waals surface area contributed by atoms with E-state index in [-0.39, 0.29) is 5.92 Å². The number of hydrogen-bond donors (Lipinski definition) is 1. The molecule has 1 aromatic heterocycles. The van der Waals surface area contributed by atoms with Crippen molar-refractivity contribution in [3.05, 3.63) is 63.1 Å². The molecule has 0 bridgehead atoms. The summed E-state index contributed by atoms with van der Waals surface area (Å²) in [6.07, 6.45) is 0. The van der Waals surface area contributed by atoms with Crippen LogP contribution in [0.15, 0.2) is 40.9 Å². The number of benzene rings is 2. The van der Waals surface area contributed by atoms with Crippen LogP contribution in [-0.4, -0.2) is 25.2 Å². The molecular weight excluding hydrogens is 438 g/mol. The molecule has 2 aromatic carbocycles. The quantitative estimate of drug-likeness (QED) is 0.420. The lowest BCUT2D eigenvalue weighted by molar-refractivity contribution is -0.132. The highest BCUT2D eigenvalue weighted by Crippen LogP contribution is 2.50. The third-order valence-corrected chi connectivity index (χ3v) is 5.42. The van der Waals surface area contributed by atoms with Crippen LogP contribution in [0.3, 0.4) is 0 Å². The zero-order chi connectivity index (χ0) is 20.7. The molecule has 0 spiro atoms. The van der Waals surface area contributed by atoms with Crippen LogP contribution in [0.25, 0.3) is 0 Å². The van der Waals surface area contributed by atoms with Gasteiger partial charge in [-0.25, -0.2) is 0 Å². The number of fused-ring (bicyclic) bond motifs is 2. The van der Waals surface area contributed by atoms with E-state index >= 15 is 0 Å². The molecule has 0 saturated heterocycles. The molecular formula is C22H20BrNO5. The first-order valence-corrected chi connectivity index (χ1v) is 9.81. The van der Waals surface area contributed by atoms with E-state index in [1.807, 2.05) is 25.1 Å². The fraction of sp³-hybridized carbons (Fsp3) is 0.227. The fourth-order valence-corrected chi connectivity index (χ4v) is 4.27. The van der Waals surface area contributed by atoms with Gasteiger partial charge in [0.1, 0.15) is 5.75 Å². The highest BCUT2D eigenvalue weighted by atomic mass is 79.9. The molecule has 3 aromatic rings. The summed E-state index contributed by atoms with van der Waals surface area (Å²) in [5, 5.41) is 0. The molecule has 4 rings (SSSR count). The maximum absolute atomic E-state index is 11.4.